The lowest BCUT2D eigenvalue weighted by molar-refractivity contribution is 0.0681. The largest absolute Gasteiger partial charge is 0.355 e. The van der Waals surface area contributed by atoms with Crippen molar-refractivity contribution in [3.8, 4) is 6.07 Å². The highest BCUT2D eigenvalue weighted by atomic mass is 15.3. The van der Waals surface area contributed by atoms with Gasteiger partial charge in [0.2, 0.25) is 0 Å². The molecule has 18 heavy (non-hydrogen) atoms. The Hall–Kier alpha value is -1.67. The molecule has 1 aromatic heterocycles. The van der Waals surface area contributed by atoms with E-state index in [0.29, 0.717) is 11.5 Å². The molecule has 0 bridgehead atoms. The summed E-state index contributed by atoms with van der Waals surface area (Å²) < 4.78 is 0. The standard InChI is InChI=1S/C13H19N5/c1-17(2)13(5-4-6-13)10-18(3)12-11(9-14)15-7-8-16-12/h7-8H,4-6,10H2,1-3H3. The van der Waals surface area contributed by atoms with E-state index in [1.165, 1.54) is 19.3 Å². The van der Waals surface area contributed by atoms with Crippen molar-refractivity contribution in [2.45, 2.75) is 24.8 Å². The molecule has 0 spiro atoms. The Morgan fingerprint density at radius 3 is 2.44 bits per heavy atom. The molecule has 0 N–H and O–H groups in total. The zero-order valence-electron chi connectivity index (χ0n) is 11.2. The summed E-state index contributed by atoms with van der Waals surface area (Å²) in [4.78, 5) is 12.7. The van der Waals surface area contributed by atoms with Gasteiger partial charge in [0, 0.05) is 31.5 Å². The normalized spacial score (nSPS) is 17.1. The molecule has 0 saturated heterocycles. The molecular weight excluding hydrogens is 226 g/mol. The monoisotopic (exact) mass is 245 g/mol. The topological polar surface area (TPSA) is 56.1 Å². The van der Waals surface area contributed by atoms with Crippen LogP contribution in [0.2, 0.25) is 0 Å². The minimum atomic E-state index is 0.221. The molecule has 1 heterocycles. The Morgan fingerprint density at radius 1 is 1.28 bits per heavy atom. The van der Waals surface area contributed by atoms with Gasteiger partial charge >= 0.3 is 0 Å². The molecule has 0 unspecified atom stereocenters. The van der Waals surface area contributed by atoms with Crippen LogP contribution < -0.4 is 4.90 Å². The van der Waals surface area contributed by atoms with Gasteiger partial charge in [0.1, 0.15) is 6.07 Å². The maximum atomic E-state index is 9.06. The van der Waals surface area contributed by atoms with Gasteiger partial charge in [-0.1, -0.05) is 0 Å². The Labute approximate surface area is 108 Å². The molecule has 1 aliphatic carbocycles. The number of aromatic nitrogens is 2. The van der Waals surface area contributed by atoms with Gasteiger partial charge in [-0.05, 0) is 33.4 Å². The second kappa shape index (κ2) is 4.91. The van der Waals surface area contributed by atoms with Gasteiger partial charge in [-0.15, -0.1) is 0 Å². The second-order valence-electron chi connectivity index (χ2n) is 5.17. The van der Waals surface area contributed by atoms with Gasteiger partial charge in [0.05, 0.1) is 0 Å². The van der Waals surface area contributed by atoms with Crippen LogP contribution in [0.4, 0.5) is 5.82 Å². The Morgan fingerprint density at radius 2 is 1.94 bits per heavy atom. The van der Waals surface area contributed by atoms with Crippen molar-refractivity contribution < 1.29 is 0 Å². The minimum Gasteiger partial charge on any atom is -0.355 e. The lowest BCUT2D eigenvalue weighted by Gasteiger charge is -2.49. The fraction of sp³-hybridized carbons (Fsp3) is 0.615. The molecule has 1 aliphatic rings. The number of likely N-dealkylation sites (N-methyl/N-ethyl adjacent to an activating group) is 2. The van der Waals surface area contributed by atoms with Crippen LogP contribution in [0.25, 0.3) is 0 Å². The Balaban J connectivity index is 2.17. The Kier molecular flexibility index (Phi) is 3.48. The zero-order valence-corrected chi connectivity index (χ0v) is 11.2. The SMILES string of the molecule is CN(CC1(N(C)C)CCC1)c1nccnc1C#N. The van der Waals surface area contributed by atoms with Crippen molar-refractivity contribution in [1.29, 1.82) is 5.26 Å². The maximum Gasteiger partial charge on any atom is 0.183 e. The van der Waals surface area contributed by atoms with E-state index >= 15 is 0 Å². The van der Waals surface area contributed by atoms with Gasteiger partial charge in [-0.2, -0.15) is 5.26 Å². The van der Waals surface area contributed by atoms with Gasteiger partial charge in [-0.3, -0.25) is 0 Å². The Bertz CT molecular complexity index is 459. The number of nitriles is 1. The predicted octanol–water partition coefficient (Wildman–Crippen LogP) is 1.27. The van der Waals surface area contributed by atoms with Crippen LogP contribution in [0, 0.1) is 11.3 Å². The molecule has 96 valence electrons. The van der Waals surface area contributed by atoms with E-state index in [1.807, 2.05) is 11.9 Å². The van der Waals surface area contributed by atoms with Crippen LogP contribution in [-0.2, 0) is 0 Å². The summed E-state index contributed by atoms with van der Waals surface area (Å²) >= 11 is 0. The van der Waals surface area contributed by atoms with Gasteiger partial charge < -0.3 is 9.80 Å². The molecule has 0 aliphatic heterocycles. The average molecular weight is 245 g/mol. The van der Waals surface area contributed by atoms with Crippen molar-refractivity contribution in [2.75, 3.05) is 32.6 Å². The van der Waals surface area contributed by atoms with E-state index in [2.05, 4.69) is 35.0 Å². The summed E-state index contributed by atoms with van der Waals surface area (Å²) in [5.41, 5.74) is 0.618. The zero-order chi connectivity index (χ0) is 13.2. The second-order valence-corrected chi connectivity index (χ2v) is 5.17. The van der Waals surface area contributed by atoms with Crippen LogP contribution in [0.1, 0.15) is 25.0 Å². The van der Waals surface area contributed by atoms with Gasteiger partial charge in [-0.25, -0.2) is 9.97 Å². The van der Waals surface area contributed by atoms with Gasteiger partial charge in [0.15, 0.2) is 11.5 Å². The molecule has 0 atom stereocenters. The van der Waals surface area contributed by atoms with Crippen molar-refractivity contribution in [3.05, 3.63) is 18.1 Å². The first-order valence-corrected chi connectivity index (χ1v) is 6.19. The molecule has 1 aromatic rings. The number of hydrogen-bond acceptors (Lipinski definition) is 5. The fourth-order valence-corrected chi connectivity index (χ4v) is 2.54. The highest BCUT2D eigenvalue weighted by Gasteiger charge is 2.40. The van der Waals surface area contributed by atoms with E-state index in [9.17, 15) is 0 Å². The van der Waals surface area contributed by atoms with Crippen molar-refractivity contribution in [1.82, 2.24) is 14.9 Å². The maximum absolute atomic E-state index is 9.06. The number of rotatable bonds is 4. The average Bonchev–Trinajstić information content (AvgIpc) is 2.33. The lowest BCUT2D eigenvalue weighted by Crippen LogP contribution is -2.57. The molecule has 1 fully saturated rings. The molecule has 0 radical (unpaired) electrons. The summed E-state index contributed by atoms with van der Waals surface area (Å²) in [5, 5.41) is 9.06. The minimum absolute atomic E-state index is 0.221. The van der Waals surface area contributed by atoms with Crippen molar-refractivity contribution >= 4 is 5.82 Å². The summed E-state index contributed by atoms with van der Waals surface area (Å²) in [5.74, 6) is 0.674. The van der Waals surface area contributed by atoms with Gasteiger partial charge in [0.25, 0.3) is 0 Å². The summed E-state index contributed by atoms with van der Waals surface area (Å²) in [6.45, 7) is 0.882. The highest BCUT2D eigenvalue weighted by Crippen LogP contribution is 2.37. The fourth-order valence-electron chi connectivity index (χ4n) is 2.54. The number of anilines is 1. The summed E-state index contributed by atoms with van der Waals surface area (Å²) in [6.07, 6.45) is 6.87. The van der Waals surface area contributed by atoms with Crippen LogP contribution >= 0.6 is 0 Å². The quantitative estimate of drug-likeness (QED) is 0.799. The summed E-state index contributed by atoms with van der Waals surface area (Å²) in [7, 11) is 6.22. The first kappa shape index (κ1) is 12.8. The molecule has 0 aromatic carbocycles. The predicted molar refractivity (Wildman–Crippen MR) is 70.3 cm³/mol. The first-order chi connectivity index (χ1) is 8.59. The number of nitrogens with zero attached hydrogens (tertiary/aromatic N) is 5. The van der Waals surface area contributed by atoms with Crippen molar-refractivity contribution in [3.63, 3.8) is 0 Å². The van der Waals surface area contributed by atoms with Crippen LogP contribution in [-0.4, -0.2) is 48.1 Å². The third-order valence-corrected chi connectivity index (χ3v) is 3.91. The van der Waals surface area contributed by atoms with Crippen LogP contribution in [0.15, 0.2) is 12.4 Å². The molecule has 5 nitrogen and oxygen atoms in total. The van der Waals surface area contributed by atoms with Crippen LogP contribution in [0.5, 0.6) is 0 Å². The van der Waals surface area contributed by atoms with E-state index in [-0.39, 0.29) is 5.54 Å². The molecule has 0 amide bonds. The molecule has 2 rings (SSSR count). The summed E-state index contributed by atoms with van der Waals surface area (Å²) in [6, 6.07) is 2.10. The molecular formula is C13H19N5. The number of hydrogen-bond donors (Lipinski definition) is 0. The first-order valence-electron chi connectivity index (χ1n) is 6.19. The molecule has 5 heteroatoms. The van der Waals surface area contributed by atoms with E-state index in [4.69, 9.17) is 5.26 Å². The smallest absolute Gasteiger partial charge is 0.183 e. The van der Waals surface area contributed by atoms with Crippen molar-refractivity contribution in [2.24, 2.45) is 0 Å². The highest BCUT2D eigenvalue weighted by molar-refractivity contribution is 5.49. The van der Waals surface area contributed by atoms with Crippen LogP contribution in [0.3, 0.4) is 0 Å². The van der Waals surface area contributed by atoms with E-state index in [0.717, 1.165) is 6.54 Å². The lowest BCUT2D eigenvalue weighted by atomic mass is 9.75. The molecule has 1 saturated carbocycles. The van der Waals surface area contributed by atoms with E-state index in [1.54, 1.807) is 12.4 Å². The third kappa shape index (κ3) is 2.16. The third-order valence-electron chi connectivity index (χ3n) is 3.91. The van der Waals surface area contributed by atoms with E-state index < -0.39 is 0 Å².